The van der Waals surface area contributed by atoms with E-state index in [2.05, 4.69) is 66.0 Å². The predicted molar refractivity (Wildman–Crippen MR) is 194 cm³/mol. The van der Waals surface area contributed by atoms with E-state index in [1.165, 1.54) is 0 Å². The number of nitrogens with one attached hydrogen (secondary N) is 1. The summed E-state index contributed by atoms with van der Waals surface area (Å²) in [5, 5.41) is 7.62. The maximum atomic E-state index is 6.68. The van der Waals surface area contributed by atoms with E-state index in [-0.39, 0.29) is 0 Å². The van der Waals surface area contributed by atoms with E-state index in [4.69, 9.17) is 23.8 Å². The molecule has 6 aromatic carbocycles. The molecule has 0 saturated carbocycles. The van der Waals surface area contributed by atoms with Gasteiger partial charge in [-0.05, 0) is 35.9 Å². The molecule has 226 valence electrons. The summed E-state index contributed by atoms with van der Waals surface area (Å²) in [5.74, 6) is 1.78. The third-order valence-corrected chi connectivity index (χ3v) is 9.11. The molecule has 0 saturated heterocycles. The van der Waals surface area contributed by atoms with Crippen LogP contribution in [0.4, 0.5) is 5.69 Å². The van der Waals surface area contributed by atoms with Crippen molar-refractivity contribution in [3.63, 3.8) is 0 Å². The van der Waals surface area contributed by atoms with Gasteiger partial charge in [-0.1, -0.05) is 109 Å². The summed E-state index contributed by atoms with van der Waals surface area (Å²) in [4.78, 5) is 15.2. The first kappa shape index (κ1) is 26.7. The van der Waals surface area contributed by atoms with Crippen LogP contribution < -0.4 is 5.32 Å². The topological polar surface area (TPSA) is 77.0 Å². The van der Waals surface area contributed by atoms with Crippen LogP contribution >= 0.6 is 0 Å². The van der Waals surface area contributed by atoms with Gasteiger partial charge in [-0.25, -0.2) is 15.0 Å². The van der Waals surface area contributed by atoms with Gasteiger partial charge in [0.25, 0.3) is 0 Å². The van der Waals surface area contributed by atoms with Crippen molar-refractivity contribution in [1.29, 1.82) is 0 Å². The zero-order valence-electron chi connectivity index (χ0n) is 25.6. The highest BCUT2D eigenvalue weighted by Gasteiger charge is 2.22. The number of fused-ring (bicyclic) bond motifs is 7. The van der Waals surface area contributed by atoms with Gasteiger partial charge in [0.2, 0.25) is 0 Å². The van der Waals surface area contributed by atoms with Crippen molar-refractivity contribution in [2.24, 2.45) is 0 Å². The van der Waals surface area contributed by atoms with Crippen LogP contribution in [0.1, 0.15) is 5.56 Å². The van der Waals surface area contributed by atoms with Crippen LogP contribution in [0.3, 0.4) is 0 Å². The lowest BCUT2D eigenvalue weighted by Crippen LogP contribution is -2.03. The summed E-state index contributed by atoms with van der Waals surface area (Å²) in [6.07, 6.45) is 4.26. The molecule has 6 nitrogen and oxygen atoms in total. The highest BCUT2D eigenvalue weighted by Crippen LogP contribution is 2.44. The van der Waals surface area contributed by atoms with Crippen LogP contribution in [0.5, 0.6) is 0 Å². The molecular weight excluding hydrogens is 592 g/mol. The molecular formula is C42H26N4O2. The van der Waals surface area contributed by atoms with Gasteiger partial charge in [-0.2, -0.15) is 0 Å². The van der Waals surface area contributed by atoms with Gasteiger partial charge in [0.1, 0.15) is 22.3 Å². The van der Waals surface area contributed by atoms with Gasteiger partial charge in [0.15, 0.2) is 17.5 Å². The van der Waals surface area contributed by atoms with E-state index in [0.717, 1.165) is 89.5 Å². The summed E-state index contributed by atoms with van der Waals surface area (Å²) >= 11 is 0. The summed E-state index contributed by atoms with van der Waals surface area (Å²) < 4.78 is 13.2. The lowest BCUT2D eigenvalue weighted by Gasteiger charge is -2.13. The Labute approximate surface area is 275 Å². The van der Waals surface area contributed by atoms with E-state index >= 15 is 0 Å². The van der Waals surface area contributed by atoms with Crippen LogP contribution in [-0.2, 0) is 0 Å². The predicted octanol–water partition coefficient (Wildman–Crippen LogP) is 10.8. The van der Waals surface area contributed by atoms with E-state index in [1.807, 2.05) is 78.9 Å². The van der Waals surface area contributed by atoms with Gasteiger partial charge in [-0.3, -0.25) is 0 Å². The zero-order chi connectivity index (χ0) is 31.6. The number of para-hydroxylation sites is 2. The minimum absolute atomic E-state index is 0.569. The van der Waals surface area contributed by atoms with Crippen molar-refractivity contribution in [2.75, 3.05) is 11.9 Å². The minimum Gasteiger partial charge on any atom is -0.456 e. The first-order valence-electron chi connectivity index (χ1n) is 16.0. The van der Waals surface area contributed by atoms with Gasteiger partial charge in [0, 0.05) is 61.6 Å². The number of anilines is 1. The highest BCUT2D eigenvalue weighted by atomic mass is 16.3. The highest BCUT2D eigenvalue weighted by molar-refractivity contribution is 6.16. The smallest absolute Gasteiger partial charge is 0.164 e. The van der Waals surface area contributed by atoms with Crippen LogP contribution in [0.15, 0.2) is 142 Å². The molecule has 10 rings (SSSR count). The second-order valence-electron chi connectivity index (χ2n) is 12.0. The number of benzene rings is 6. The number of hydrogen-bond acceptors (Lipinski definition) is 6. The van der Waals surface area contributed by atoms with Crippen molar-refractivity contribution in [3.8, 4) is 45.3 Å². The maximum Gasteiger partial charge on any atom is 0.164 e. The Balaban J connectivity index is 1.30. The quantitative estimate of drug-likeness (QED) is 0.211. The molecule has 4 heterocycles. The average molecular weight is 619 g/mol. The first-order valence-corrected chi connectivity index (χ1v) is 16.0. The Kier molecular flexibility index (Phi) is 5.84. The van der Waals surface area contributed by atoms with Gasteiger partial charge < -0.3 is 14.2 Å². The summed E-state index contributed by atoms with van der Waals surface area (Å²) in [6.45, 7) is 0.779. The Hall–Kier alpha value is -6.53. The molecule has 0 unspecified atom stereocenters. The fourth-order valence-corrected chi connectivity index (χ4v) is 6.85. The third kappa shape index (κ3) is 4.23. The Morgan fingerprint density at radius 3 is 2.00 bits per heavy atom. The minimum atomic E-state index is 0.569. The number of furan rings is 2. The second kappa shape index (κ2) is 10.5. The lowest BCUT2D eigenvalue weighted by atomic mass is 9.96. The largest absolute Gasteiger partial charge is 0.456 e. The van der Waals surface area contributed by atoms with Crippen molar-refractivity contribution < 1.29 is 8.83 Å². The maximum absolute atomic E-state index is 6.68. The molecule has 3 aromatic heterocycles. The Bertz CT molecular complexity index is 2670. The molecule has 1 N–H and O–H groups in total. The Morgan fingerprint density at radius 1 is 0.500 bits per heavy atom. The van der Waals surface area contributed by atoms with Gasteiger partial charge >= 0.3 is 0 Å². The molecule has 0 bridgehead atoms. The summed E-state index contributed by atoms with van der Waals surface area (Å²) in [6, 6.07) is 43.1. The van der Waals surface area contributed by atoms with E-state index in [1.54, 1.807) is 0 Å². The molecule has 0 aliphatic carbocycles. The van der Waals surface area contributed by atoms with Crippen LogP contribution in [0.2, 0.25) is 0 Å². The average Bonchev–Trinajstić information content (AvgIpc) is 3.72. The van der Waals surface area contributed by atoms with Gasteiger partial charge in [0.05, 0.1) is 0 Å². The van der Waals surface area contributed by atoms with Crippen molar-refractivity contribution in [3.05, 3.63) is 139 Å². The molecule has 6 heteroatoms. The fraction of sp³-hybridized carbons (Fsp3) is 0.0238. The molecule has 48 heavy (non-hydrogen) atoms. The van der Waals surface area contributed by atoms with E-state index in [9.17, 15) is 0 Å². The van der Waals surface area contributed by atoms with Crippen molar-refractivity contribution in [1.82, 2.24) is 15.0 Å². The molecule has 0 spiro atoms. The third-order valence-electron chi connectivity index (χ3n) is 9.11. The molecule has 1 aliphatic rings. The lowest BCUT2D eigenvalue weighted by molar-refractivity contribution is 0.668. The monoisotopic (exact) mass is 618 g/mol. The second-order valence-corrected chi connectivity index (χ2v) is 12.0. The number of hydrogen-bond donors (Lipinski definition) is 1. The van der Waals surface area contributed by atoms with Crippen LogP contribution in [0, 0.1) is 0 Å². The van der Waals surface area contributed by atoms with Crippen LogP contribution in [-0.4, -0.2) is 21.5 Å². The first-order chi connectivity index (χ1) is 23.8. The molecule has 0 atom stereocenters. The zero-order valence-corrected chi connectivity index (χ0v) is 25.6. The summed E-state index contributed by atoms with van der Waals surface area (Å²) in [7, 11) is 0. The van der Waals surface area contributed by atoms with Crippen molar-refractivity contribution >= 4 is 55.6 Å². The Morgan fingerprint density at radius 2 is 1.21 bits per heavy atom. The molecule has 0 radical (unpaired) electrons. The number of aromatic nitrogens is 3. The fourth-order valence-electron chi connectivity index (χ4n) is 6.85. The molecule has 9 aromatic rings. The van der Waals surface area contributed by atoms with E-state index < -0.39 is 0 Å². The SMILES string of the molecule is C1=Cc2cc3oc4cc(-c5cccc6c5oc5ccccc56)cc(-c5nc(-c6ccccc6)nc(-c6ccccc6)n5)c4c3cc2NC1. The van der Waals surface area contributed by atoms with Crippen molar-refractivity contribution in [2.45, 2.75) is 0 Å². The standard InChI is InChI=1S/C42H26N4O2/c1-3-11-25(12-4-1)40-44-41(26-13-5-2-6-14-26)46-42(45-40)33-21-28(29-17-9-18-31-30-16-7-8-19-35(30)48-39(29)31)23-37-38(33)32-24-34-27(15-10-20-43-34)22-36(32)47-37/h1-19,21-24,43H,20H2. The van der Waals surface area contributed by atoms with Crippen LogP contribution in [0.25, 0.3) is 95.2 Å². The molecule has 0 fully saturated rings. The number of rotatable bonds is 4. The molecule has 0 amide bonds. The van der Waals surface area contributed by atoms with E-state index in [0.29, 0.717) is 17.5 Å². The van der Waals surface area contributed by atoms with Gasteiger partial charge in [-0.15, -0.1) is 0 Å². The summed E-state index contributed by atoms with van der Waals surface area (Å²) in [5.41, 5.74) is 10.0. The number of nitrogens with zero attached hydrogens (tertiary/aromatic N) is 3. The molecule has 1 aliphatic heterocycles. The normalized spacial score (nSPS) is 12.6.